The lowest BCUT2D eigenvalue weighted by Crippen LogP contribution is -2.32. The molecule has 9 nitrogen and oxygen atoms in total. The lowest BCUT2D eigenvalue weighted by Gasteiger charge is -2.10. The van der Waals surface area contributed by atoms with Crippen molar-refractivity contribution >= 4 is 50.8 Å². The molecule has 3 rings (SSSR count). The van der Waals surface area contributed by atoms with Gasteiger partial charge in [-0.3, -0.25) is 14.8 Å². The van der Waals surface area contributed by atoms with E-state index in [2.05, 4.69) is 20.5 Å². The second kappa shape index (κ2) is 10.1. The number of benzene rings is 2. The van der Waals surface area contributed by atoms with E-state index in [0.717, 1.165) is 5.56 Å². The fourth-order valence-corrected chi connectivity index (χ4v) is 3.82. The molecule has 0 saturated heterocycles. The maximum atomic E-state index is 12.4. The van der Waals surface area contributed by atoms with Crippen LogP contribution in [0.4, 0.5) is 11.5 Å². The summed E-state index contributed by atoms with van der Waals surface area (Å²) in [6.45, 7) is 1.65. The topological polar surface area (TPSA) is 123 Å². The van der Waals surface area contributed by atoms with E-state index < -0.39 is 15.9 Å². The molecule has 3 N–H and O–H groups in total. The van der Waals surface area contributed by atoms with Gasteiger partial charge in [0.15, 0.2) is 10.9 Å². The van der Waals surface area contributed by atoms with Gasteiger partial charge in [-0.05, 0) is 55.5 Å². The third-order valence-corrected chi connectivity index (χ3v) is 5.65. The Kier molecular flexibility index (Phi) is 7.23. The van der Waals surface area contributed by atoms with E-state index in [4.69, 9.17) is 21.5 Å². The Bertz CT molecular complexity index is 1250. The number of amides is 1. The molecule has 0 radical (unpaired) electrons. The Morgan fingerprint density at radius 2 is 1.88 bits per heavy atom. The minimum Gasteiger partial charge on any atom is -0.496 e. The van der Waals surface area contributed by atoms with Gasteiger partial charge >= 0.3 is 0 Å². The smallest absolute Gasteiger partial charge is 0.263 e. The Morgan fingerprint density at radius 1 is 1.16 bits per heavy atom. The summed E-state index contributed by atoms with van der Waals surface area (Å²) < 4.78 is 37.2. The van der Waals surface area contributed by atoms with Crippen LogP contribution in [-0.2, 0) is 14.8 Å². The van der Waals surface area contributed by atoms with Crippen molar-refractivity contribution in [2.24, 2.45) is 0 Å². The summed E-state index contributed by atoms with van der Waals surface area (Å²) in [6, 6.07) is 14.6. The van der Waals surface area contributed by atoms with E-state index >= 15 is 0 Å². The molecule has 2 aromatic carbocycles. The van der Waals surface area contributed by atoms with Crippen molar-refractivity contribution in [1.82, 2.24) is 10.5 Å². The second-order valence-corrected chi connectivity index (χ2v) is 8.56. The summed E-state index contributed by atoms with van der Waals surface area (Å²) in [5, 5.41) is 9.01. The minimum absolute atomic E-state index is 0.0263. The normalized spacial score (nSPS) is 11.2. The fourth-order valence-electron chi connectivity index (χ4n) is 2.61. The van der Waals surface area contributed by atoms with Crippen LogP contribution in [0.5, 0.6) is 5.75 Å². The summed E-state index contributed by atoms with van der Waals surface area (Å²) in [7, 11) is -2.28. The van der Waals surface area contributed by atoms with Crippen molar-refractivity contribution in [2.45, 2.75) is 11.8 Å². The number of carbonyl (C=O) groups excluding carboxylic acids is 1. The molecule has 11 heteroatoms. The zero-order valence-corrected chi connectivity index (χ0v) is 18.8. The van der Waals surface area contributed by atoms with Crippen LogP contribution in [0, 0.1) is 6.92 Å². The first-order chi connectivity index (χ1) is 15.3. The molecule has 1 aromatic heterocycles. The lowest BCUT2D eigenvalue weighted by atomic mass is 10.2. The number of anilines is 2. The molecule has 1 amide bonds. The highest BCUT2D eigenvalue weighted by atomic mass is 32.2. The summed E-state index contributed by atoms with van der Waals surface area (Å²) in [4.78, 5) is 12.1. The maximum absolute atomic E-state index is 12.4. The van der Waals surface area contributed by atoms with Crippen LogP contribution >= 0.6 is 12.2 Å². The van der Waals surface area contributed by atoms with Gasteiger partial charge in [0, 0.05) is 23.4 Å². The molecule has 0 bridgehead atoms. The number of para-hydroxylation sites is 1. The predicted octanol–water partition coefficient (Wildman–Crippen LogP) is 3.32. The molecule has 3 aromatic rings. The number of ether oxygens (including phenoxy) is 1. The largest absolute Gasteiger partial charge is 0.496 e. The van der Waals surface area contributed by atoms with Gasteiger partial charge < -0.3 is 14.6 Å². The average Bonchev–Trinajstić information content (AvgIpc) is 3.16. The third kappa shape index (κ3) is 6.15. The summed E-state index contributed by atoms with van der Waals surface area (Å²) in [5.74, 6) is 0.783. The molecular weight excluding hydrogens is 452 g/mol. The van der Waals surface area contributed by atoms with Gasteiger partial charge in [-0.25, -0.2) is 8.42 Å². The van der Waals surface area contributed by atoms with Crippen molar-refractivity contribution in [1.29, 1.82) is 0 Å². The number of nitrogens with one attached hydrogen (secondary N) is 3. The van der Waals surface area contributed by atoms with Crippen LogP contribution in [0.3, 0.4) is 0 Å². The van der Waals surface area contributed by atoms with Gasteiger partial charge in [0.05, 0.1) is 12.0 Å². The van der Waals surface area contributed by atoms with Crippen molar-refractivity contribution in [3.8, 4) is 5.75 Å². The lowest BCUT2D eigenvalue weighted by molar-refractivity contribution is -0.115. The molecule has 0 aliphatic carbocycles. The molecule has 0 spiro atoms. The maximum Gasteiger partial charge on any atom is 0.263 e. The van der Waals surface area contributed by atoms with Crippen LogP contribution in [0.2, 0.25) is 0 Å². The average molecular weight is 473 g/mol. The molecule has 0 atom stereocenters. The van der Waals surface area contributed by atoms with Gasteiger partial charge in [0.25, 0.3) is 10.0 Å². The molecule has 0 aliphatic rings. The summed E-state index contributed by atoms with van der Waals surface area (Å²) in [5.41, 5.74) is 1.25. The van der Waals surface area contributed by atoms with Crippen molar-refractivity contribution in [3.63, 3.8) is 0 Å². The van der Waals surface area contributed by atoms with Crippen molar-refractivity contribution < 1.29 is 22.5 Å². The number of hydrogen-bond acceptors (Lipinski definition) is 7. The predicted molar refractivity (Wildman–Crippen MR) is 125 cm³/mol. The van der Waals surface area contributed by atoms with E-state index in [1.807, 2.05) is 18.2 Å². The van der Waals surface area contributed by atoms with E-state index in [9.17, 15) is 13.2 Å². The molecule has 1 heterocycles. The molecule has 0 aliphatic heterocycles. The number of aromatic nitrogens is 1. The van der Waals surface area contributed by atoms with Crippen LogP contribution in [0.15, 0.2) is 70.1 Å². The van der Waals surface area contributed by atoms with E-state index in [1.165, 1.54) is 36.4 Å². The number of thiocarbonyl (C=S) groups is 1. The number of hydrogen-bond donors (Lipinski definition) is 3. The van der Waals surface area contributed by atoms with Gasteiger partial charge in [-0.1, -0.05) is 23.4 Å². The number of methoxy groups -OCH3 is 1. The standard InChI is InChI=1S/C21H20N4O5S2/c1-14-13-19(24-30-14)25-32(27,28)17-10-8-16(9-11-17)22-21(31)23-20(26)12-7-15-5-3-4-6-18(15)29-2/h3-13H,1-2H3,(H,24,25)(H2,22,23,26,31)/b12-7+. The molecule has 166 valence electrons. The minimum atomic E-state index is -3.83. The molecule has 0 unspecified atom stereocenters. The second-order valence-electron chi connectivity index (χ2n) is 6.47. The van der Waals surface area contributed by atoms with E-state index in [0.29, 0.717) is 17.2 Å². The van der Waals surface area contributed by atoms with Gasteiger partial charge in [-0.2, -0.15) is 0 Å². The number of sulfonamides is 1. The van der Waals surface area contributed by atoms with Crippen LogP contribution in [0.1, 0.15) is 11.3 Å². The number of nitrogens with zero attached hydrogens (tertiary/aromatic N) is 1. The summed E-state index contributed by atoms with van der Waals surface area (Å²) >= 11 is 5.14. The summed E-state index contributed by atoms with van der Waals surface area (Å²) in [6.07, 6.45) is 2.94. The van der Waals surface area contributed by atoms with Crippen LogP contribution in [0.25, 0.3) is 6.08 Å². The number of rotatable bonds is 7. The first-order valence-corrected chi connectivity index (χ1v) is 11.2. The Balaban J connectivity index is 1.57. The Labute approximate surface area is 190 Å². The first kappa shape index (κ1) is 23.0. The quantitative estimate of drug-likeness (QED) is 0.354. The zero-order valence-electron chi connectivity index (χ0n) is 17.2. The SMILES string of the molecule is COc1ccccc1/C=C/C(=O)NC(=S)Nc1ccc(S(=O)(=O)Nc2cc(C)on2)cc1. The molecule has 0 fully saturated rings. The fraction of sp³-hybridized carbons (Fsp3) is 0.0952. The number of aryl methyl sites for hydroxylation is 1. The van der Waals surface area contributed by atoms with Gasteiger partial charge in [-0.15, -0.1) is 0 Å². The highest BCUT2D eigenvalue weighted by Crippen LogP contribution is 2.19. The van der Waals surface area contributed by atoms with E-state index in [-0.39, 0.29) is 15.8 Å². The monoisotopic (exact) mass is 472 g/mol. The Hall–Kier alpha value is -3.70. The van der Waals surface area contributed by atoms with Crippen molar-refractivity contribution in [3.05, 3.63) is 72.0 Å². The first-order valence-electron chi connectivity index (χ1n) is 9.26. The third-order valence-electron chi connectivity index (χ3n) is 4.08. The van der Waals surface area contributed by atoms with Crippen molar-refractivity contribution in [2.75, 3.05) is 17.1 Å². The molecular formula is C21H20N4O5S2. The molecule has 0 saturated carbocycles. The Morgan fingerprint density at radius 3 is 2.53 bits per heavy atom. The highest BCUT2D eigenvalue weighted by molar-refractivity contribution is 7.92. The van der Waals surface area contributed by atoms with Crippen LogP contribution in [-0.4, -0.2) is 31.7 Å². The highest BCUT2D eigenvalue weighted by Gasteiger charge is 2.16. The molecule has 32 heavy (non-hydrogen) atoms. The number of carbonyl (C=O) groups is 1. The van der Waals surface area contributed by atoms with Gasteiger partial charge in [0.2, 0.25) is 5.91 Å². The zero-order chi connectivity index (χ0) is 23.1. The van der Waals surface area contributed by atoms with Gasteiger partial charge in [0.1, 0.15) is 11.5 Å². The van der Waals surface area contributed by atoms with E-state index in [1.54, 1.807) is 26.2 Å². The van der Waals surface area contributed by atoms with Crippen LogP contribution < -0.4 is 20.1 Å².